The Hall–Kier alpha value is -3.21. The van der Waals surface area contributed by atoms with E-state index in [9.17, 15) is 4.79 Å². The highest BCUT2D eigenvalue weighted by atomic mass is 16.2. The molecule has 2 aromatic carbocycles. The van der Waals surface area contributed by atoms with Gasteiger partial charge < -0.3 is 10.2 Å². The van der Waals surface area contributed by atoms with Gasteiger partial charge in [-0.25, -0.2) is 9.97 Å². The Morgan fingerprint density at radius 3 is 2.44 bits per heavy atom. The van der Waals surface area contributed by atoms with E-state index in [0.29, 0.717) is 18.2 Å². The van der Waals surface area contributed by atoms with E-state index < -0.39 is 0 Å². The lowest BCUT2D eigenvalue weighted by atomic mass is 10.1. The van der Waals surface area contributed by atoms with Crippen LogP contribution in [-0.4, -0.2) is 22.4 Å². The van der Waals surface area contributed by atoms with Crippen LogP contribution in [-0.2, 0) is 0 Å². The lowest BCUT2D eigenvalue weighted by Crippen LogP contribution is -2.31. The van der Waals surface area contributed by atoms with Gasteiger partial charge in [0.1, 0.15) is 5.69 Å². The maximum atomic E-state index is 13.1. The van der Waals surface area contributed by atoms with Crippen molar-refractivity contribution in [1.82, 2.24) is 9.97 Å². The van der Waals surface area contributed by atoms with E-state index in [0.717, 1.165) is 22.6 Å². The number of nitrogens with one attached hydrogen (secondary N) is 1. The molecule has 0 atom stereocenters. The summed E-state index contributed by atoms with van der Waals surface area (Å²) in [5.74, 6) is 0.286. The number of aromatic nitrogens is 2. The van der Waals surface area contributed by atoms with Gasteiger partial charge in [-0.15, -0.1) is 0 Å². The van der Waals surface area contributed by atoms with Crippen molar-refractivity contribution in [2.24, 2.45) is 0 Å². The van der Waals surface area contributed by atoms with Crippen LogP contribution < -0.4 is 10.2 Å². The molecule has 0 unspecified atom stereocenters. The SMILES string of the molecule is CCN(C(=O)c1cc(C)nc(Nc2cccc(C)c2C)n1)c1ccccc1. The monoisotopic (exact) mass is 360 g/mol. The van der Waals surface area contributed by atoms with Crippen molar-refractivity contribution >= 4 is 23.2 Å². The highest BCUT2D eigenvalue weighted by Crippen LogP contribution is 2.22. The zero-order valence-electron chi connectivity index (χ0n) is 16.2. The molecule has 0 saturated carbocycles. The molecule has 3 rings (SSSR count). The van der Waals surface area contributed by atoms with Crippen LogP contribution in [0, 0.1) is 20.8 Å². The number of amides is 1. The summed E-state index contributed by atoms with van der Waals surface area (Å²) in [6.45, 7) is 8.49. The molecule has 5 nitrogen and oxygen atoms in total. The zero-order chi connectivity index (χ0) is 19.4. The van der Waals surface area contributed by atoms with Crippen LogP contribution in [0.15, 0.2) is 54.6 Å². The normalized spacial score (nSPS) is 10.5. The smallest absolute Gasteiger partial charge is 0.277 e. The van der Waals surface area contributed by atoms with Gasteiger partial charge in [-0.2, -0.15) is 0 Å². The maximum Gasteiger partial charge on any atom is 0.277 e. The van der Waals surface area contributed by atoms with Crippen molar-refractivity contribution in [2.75, 3.05) is 16.8 Å². The Balaban J connectivity index is 1.93. The quantitative estimate of drug-likeness (QED) is 0.709. The number of para-hydroxylation sites is 1. The number of carbonyl (C=O) groups excluding carboxylic acids is 1. The van der Waals surface area contributed by atoms with Crippen LogP contribution >= 0.6 is 0 Å². The van der Waals surface area contributed by atoms with E-state index in [1.165, 1.54) is 5.56 Å². The van der Waals surface area contributed by atoms with Gasteiger partial charge in [-0.05, 0) is 63.1 Å². The highest BCUT2D eigenvalue weighted by Gasteiger charge is 2.19. The zero-order valence-corrected chi connectivity index (χ0v) is 16.2. The molecule has 138 valence electrons. The van der Waals surface area contributed by atoms with E-state index in [4.69, 9.17) is 0 Å². The third kappa shape index (κ3) is 4.14. The molecule has 0 aliphatic rings. The van der Waals surface area contributed by atoms with E-state index in [-0.39, 0.29) is 5.91 Å². The van der Waals surface area contributed by atoms with Gasteiger partial charge >= 0.3 is 0 Å². The summed E-state index contributed by atoms with van der Waals surface area (Å²) in [5, 5.41) is 3.25. The minimum atomic E-state index is -0.141. The van der Waals surface area contributed by atoms with Crippen molar-refractivity contribution in [1.29, 1.82) is 0 Å². The predicted molar refractivity (Wildman–Crippen MR) is 110 cm³/mol. The summed E-state index contributed by atoms with van der Waals surface area (Å²) >= 11 is 0. The van der Waals surface area contributed by atoms with Gasteiger partial charge in [0.2, 0.25) is 5.95 Å². The van der Waals surface area contributed by atoms with Gasteiger partial charge in [0.15, 0.2) is 0 Å². The molecule has 1 amide bonds. The Labute approximate surface area is 160 Å². The molecule has 0 aliphatic carbocycles. The van der Waals surface area contributed by atoms with Crippen molar-refractivity contribution in [3.05, 3.63) is 77.1 Å². The van der Waals surface area contributed by atoms with Crippen LogP contribution in [0.5, 0.6) is 0 Å². The lowest BCUT2D eigenvalue weighted by molar-refractivity contribution is 0.0983. The van der Waals surface area contributed by atoms with Crippen molar-refractivity contribution < 1.29 is 4.79 Å². The van der Waals surface area contributed by atoms with Crippen LogP contribution in [0.3, 0.4) is 0 Å². The fraction of sp³-hybridized carbons (Fsp3) is 0.227. The molecule has 1 N–H and O–H groups in total. The first-order chi connectivity index (χ1) is 13.0. The molecule has 5 heteroatoms. The molecule has 0 fully saturated rings. The summed E-state index contributed by atoms with van der Waals surface area (Å²) in [4.78, 5) is 23.7. The number of anilines is 3. The topological polar surface area (TPSA) is 58.1 Å². The average Bonchev–Trinajstić information content (AvgIpc) is 2.66. The Morgan fingerprint density at radius 1 is 1.00 bits per heavy atom. The van der Waals surface area contributed by atoms with Crippen LogP contribution in [0.4, 0.5) is 17.3 Å². The van der Waals surface area contributed by atoms with Crippen molar-refractivity contribution in [3.8, 4) is 0 Å². The Morgan fingerprint density at radius 2 is 1.74 bits per heavy atom. The number of carbonyl (C=O) groups is 1. The highest BCUT2D eigenvalue weighted by molar-refractivity contribution is 6.05. The number of rotatable bonds is 5. The second-order valence-corrected chi connectivity index (χ2v) is 6.48. The Kier molecular flexibility index (Phi) is 5.50. The minimum absolute atomic E-state index is 0.141. The second-order valence-electron chi connectivity index (χ2n) is 6.48. The fourth-order valence-corrected chi connectivity index (χ4v) is 2.93. The van der Waals surface area contributed by atoms with Crippen molar-refractivity contribution in [2.45, 2.75) is 27.7 Å². The first kappa shape index (κ1) is 18.6. The van der Waals surface area contributed by atoms with Crippen LogP contribution in [0.1, 0.15) is 34.2 Å². The van der Waals surface area contributed by atoms with Crippen molar-refractivity contribution in [3.63, 3.8) is 0 Å². The molecule has 0 spiro atoms. The molecule has 0 aliphatic heterocycles. The third-order valence-corrected chi connectivity index (χ3v) is 4.55. The lowest BCUT2D eigenvalue weighted by Gasteiger charge is -2.21. The summed E-state index contributed by atoms with van der Waals surface area (Å²) in [6, 6.07) is 17.4. The van der Waals surface area contributed by atoms with E-state index in [1.807, 2.05) is 63.2 Å². The first-order valence-electron chi connectivity index (χ1n) is 9.05. The van der Waals surface area contributed by atoms with E-state index in [2.05, 4.69) is 28.3 Å². The third-order valence-electron chi connectivity index (χ3n) is 4.55. The van der Waals surface area contributed by atoms with Crippen LogP contribution in [0.25, 0.3) is 0 Å². The van der Waals surface area contributed by atoms with Gasteiger partial charge in [0.25, 0.3) is 5.91 Å². The summed E-state index contributed by atoms with van der Waals surface area (Å²) < 4.78 is 0. The second kappa shape index (κ2) is 7.99. The molecule has 1 aromatic heterocycles. The molecule has 3 aromatic rings. The average molecular weight is 360 g/mol. The molecule has 0 bridgehead atoms. The number of benzene rings is 2. The largest absolute Gasteiger partial charge is 0.324 e. The summed E-state index contributed by atoms with van der Waals surface area (Å²) in [6.07, 6.45) is 0. The van der Waals surface area contributed by atoms with Crippen LogP contribution in [0.2, 0.25) is 0 Å². The Bertz CT molecular complexity index is 954. The molecular formula is C22H24N4O. The van der Waals surface area contributed by atoms with E-state index >= 15 is 0 Å². The molecule has 0 radical (unpaired) electrons. The maximum absolute atomic E-state index is 13.1. The number of aryl methyl sites for hydroxylation is 2. The van der Waals surface area contributed by atoms with Gasteiger partial charge in [-0.1, -0.05) is 30.3 Å². The molecule has 27 heavy (non-hydrogen) atoms. The fourth-order valence-electron chi connectivity index (χ4n) is 2.93. The standard InChI is InChI=1S/C22H24N4O/c1-5-26(18-11-7-6-8-12-18)21(27)20-14-16(3)23-22(25-20)24-19-13-9-10-15(2)17(19)4/h6-14H,5H2,1-4H3,(H,23,24,25). The molecular weight excluding hydrogens is 336 g/mol. The summed E-state index contributed by atoms with van der Waals surface area (Å²) in [7, 11) is 0. The summed E-state index contributed by atoms with van der Waals surface area (Å²) in [5.41, 5.74) is 5.23. The molecule has 1 heterocycles. The van der Waals surface area contributed by atoms with Gasteiger partial charge in [0.05, 0.1) is 0 Å². The minimum Gasteiger partial charge on any atom is -0.324 e. The number of nitrogens with zero attached hydrogens (tertiary/aromatic N) is 3. The first-order valence-corrected chi connectivity index (χ1v) is 9.05. The van der Waals surface area contributed by atoms with E-state index in [1.54, 1.807) is 11.0 Å². The molecule has 0 saturated heterocycles. The predicted octanol–water partition coefficient (Wildman–Crippen LogP) is 4.81. The van der Waals surface area contributed by atoms with Gasteiger partial charge in [0, 0.05) is 23.6 Å². The van der Waals surface area contributed by atoms with Gasteiger partial charge in [-0.3, -0.25) is 4.79 Å². The number of hydrogen-bond acceptors (Lipinski definition) is 4. The number of hydrogen-bond donors (Lipinski definition) is 1.